The van der Waals surface area contributed by atoms with Crippen molar-refractivity contribution in [2.75, 3.05) is 7.05 Å². The van der Waals surface area contributed by atoms with Gasteiger partial charge >= 0.3 is 0 Å². The molecule has 92 valence electrons. The summed E-state index contributed by atoms with van der Waals surface area (Å²) in [4.78, 5) is 0. The first-order valence-corrected chi connectivity index (χ1v) is 6.91. The number of nitrogens with one attached hydrogen (secondary N) is 1. The predicted molar refractivity (Wildman–Crippen MR) is 72.2 cm³/mol. The van der Waals surface area contributed by atoms with Crippen LogP contribution in [0.5, 0.6) is 0 Å². The van der Waals surface area contributed by atoms with Crippen LogP contribution in [0.3, 0.4) is 0 Å². The Kier molecular flexibility index (Phi) is 2.55. The van der Waals surface area contributed by atoms with Gasteiger partial charge in [0.05, 0.1) is 0 Å². The van der Waals surface area contributed by atoms with Crippen LogP contribution in [0.25, 0.3) is 0 Å². The molecule has 1 N–H and O–H groups in total. The lowest BCUT2D eigenvalue weighted by atomic mass is 9.49. The molecule has 0 radical (unpaired) electrons. The van der Waals surface area contributed by atoms with Crippen LogP contribution in [-0.4, -0.2) is 13.1 Å². The van der Waals surface area contributed by atoms with Gasteiger partial charge in [0.1, 0.15) is 0 Å². The molecular formula is C16H23N. The Hall–Kier alpha value is -0.820. The molecule has 17 heavy (non-hydrogen) atoms. The van der Waals surface area contributed by atoms with Gasteiger partial charge in [-0.1, -0.05) is 38.1 Å². The number of aryl methyl sites for hydroxylation is 1. The Morgan fingerprint density at radius 1 is 1.24 bits per heavy atom. The molecule has 1 heteroatoms. The molecule has 1 fully saturated rings. The van der Waals surface area contributed by atoms with E-state index >= 15 is 0 Å². The zero-order valence-corrected chi connectivity index (χ0v) is 11.2. The standard InChI is InChI=1S/C16H23N/c1-16(2)14-12-9-5-4-7-11(12)8-6-10-13(14)15(16)17-3/h4-5,7,9,13-15,17H,6,8,10H2,1-3H3. The van der Waals surface area contributed by atoms with Crippen molar-refractivity contribution in [3.63, 3.8) is 0 Å². The third kappa shape index (κ3) is 1.48. The number of hydrogen-bond acceptors (Lipinski definition) is 1. The van der Waals surface area contributed by atoms with Crippen LogP contribution < -0.4 is 5.32 Å². The number of hydrogen-bond donors (Lipinski definition) is 1. The van der Waals surface area contributed by atoms with Crippen LogP contribution in [-0.2, 0) is 6.42 Å². The lowest BCUT2D eigenvalue weighted by molar-refractivity contribution is -0.00944. The summed E-state index contributed by atoms with van der Waals surface area (Å²) in [5.41, 5.74) is 3.63. The molecule has 0 saturated heterocycles. The van der Waals surface area contributed by atoms with E-state index in [1.807, 2.05) is 0 Å². The van der Waals surface area contributed by atoms with E-state index in [9.17, 15) is 0 Å². The summed E-state index contributed by atoms with van der Waals surface area (Å²) < 4.78 is 0. The van der Waals surface area contributed by atoms with Crippen molar-refractivity contribution >= 4 is 0 Å². The van der Waals surface area contributed by atoms with Gasteiger partial charge in [0.2, 0.25) is 0 Å². The van der Waals surface area contributed by atoms with Crippen molar-refractivity contribution in [3.8, 4) is 0 Å². The van der Waals surface area contributed by atoms with Crippen LogP contribution in [0, 0.1) is 11.3 Å². The zero-order chi connectivity index (χ0) is 12.0. The molecule has 0 heterocycles. The fourth-order valence-electron chi connectivity index (χ4n) is 4.52. The van der Waals surface area contributed by atoms with Gasteiger partial charge in [0.25, 0.3) is 0 Å². The first-order valence-electron chi connectivity index (χ1n) is 6.91. The predicted octanol–water partition coefficient (Wildman–Crippen LogP) is 3.35. The summed E-state index contributed by atoms with van der Waals surface area (Å²) in [5, 5.41) is 3.55. The van der Waals surface area contributed by atoms with Crippen LogP contribution in [0.1, 0.15) is 43.7 Å². The van der Waals surface area contributed by atoms with Crippen molar-refractivity contribution in [1.82, 2.24) is 5.32 Å². The van der Waals surface area contributed by atoms with Crippen LogP contribution in [0.15, 0.2) is 24.3 Å². The molecule has 1 aromatic rings. The highest BCUT2D eigenvalue weighted by atomic mass is 14.9. The Morgan fingerprint density at radius 2 is 2.00 bits per heavy atom. The minimum absolute atomic E-state index is 0.403. The summed E-state index contributed by atoms with van der Waals surface area (Å²) >= 11 is 0. The Morgan fingerprint density at radius 3 is 2.76 bits per heavy atom. The smallest absolute Gasteiger partial charge is 0.0155 e. The zero-order valence-electron chi connectivity index (χ0n) is 11.2. The van der Waals surface area contributed by atoms with Gasteiger partial charge < -0.3 is 5.32 Å². The highest BCUT2D eigenvalue weighted by Gasteiger charge is 2.56. The number of rotatable bonds is 1. The summed E-state index contributed by atoms with van der Waals surface area (Å²) in [6.07, 6.45) is 4.01. The average Bonchev–Trinajstić information content (AvgIpc) is 2.47. The monoisotopic (exact) mass is 229 g/mol. The lowest BCUT2D eigenvalue weighted by Gasteiger charge is -2.59. The van der Waals surface area contributed by atoms with E-state index in [0.29, 0.717) is 11.5 Å². The minimum atomic E-state index is 0.403. The number of benzene rings is 1. The third-order valence-corrected chi connectivity index (χ3v) is 5.14. The van der Waals surface area contributed by atoms with Crippen molar-refractivity contribution in [2.24, 2.45) is 11.3 Å². The second-order valence-corrected chi connectivity index (χ2v) is 6.32. The molecule has 3 unspecified atom stereocenters. The van der Waals surface area contributed by atoms with Gasteiger partial charge in [-0.2, -0.15) is 0 Å². The summed E-state index contributed by atoms with van der Waals surface area (Å²) in [7, 11) is 2.12. The molecule has 0 amide bonds. The maximum Gasteiger partial charge on any atom is 0.0155 e. The maximum absolute atomic E-state index is 3.55. The Labute approximate surface area is 105 Å². The van der Waals surface area contributed by atoms with Crippen LogP contribution in [0.2, 0.25) is 0 Å². The van der Waals surface area contributed by atoms with Gasteiger partial charge in [-0.15, -0.1) is 0 Å². The second-order valence-electron chi connectivity index (χ2n) is 6.32. The van der Waals surface area contributed by atoms with Gasteiger partial charge in [-0.05, 0) is 54.7 Å². The van der Waals surface area contributed by atoms with Crippen molar-refractivity contribution in [2.45, 2.75) is 45.1 Å². The topological polar surface area (TPSA) is 12.0 Å². The van der Waals surface area contributed by atoms with Crippen LogP contribution in [0.4, 0.5) is 0 Å². The summed E-state index contributed by atoms with van der Waals surface area (Å²) in [6.45, 7) is 4.86. The van der Waals surface area contributed by atoms with Gasteiger partial charge in [0.15, 0.2) is 0 Å². The molecule has 1 nitrogen and oxygen atoms in total. The first-order chi connectivity index (χ1) is 8.16. The van der Waals surface area contributed by atoms with E-state index in [-0.39, 0.29) is 0 Å². The second kappa shape index (κ2) is 3.84. The molecule has 2 aliphatic carbocycles. The van der Waals surface area contributed by atoms with Gasteiger partial charge in [0, 0.05) is 6.04 Å². The van der Waals surface area contributed by atoms with E-state index < -0.39 is 0 Å². The van der Waals surface area contributed by atoms with E-state index in [1.54, 1.807) is 11.1 Å². The fraction of sp³-hybridized carbons (Fsp3) is 0.625. The molecule has 0 aliphatic heterocycles. The summed E-state index contributed by atoms with van der Waals surface area (Å²) in [6, 6.07) is 9.80. The molecule has 0 spiro atoms. The lowest BCUT2D eigenvalue weighted by Crippen LogP contribution is -2.61. The molecule has 1 aromatic carbocycles. The minimum Gasteiger partial charge on any atom is -0.316 e. The van der Waals surface area contributed by atoms with E-state index in [4.69, 9.17) is 0 Å². The summed E-state index contributed by atoms with van der Waals surface area (Å²) in [5.74, 6) is 1.61. The third-order valence-electron chi connectivity index (χ3n) is 5.14. The SMILES string of the molecule is CNC1C2CCCc3ccccc3C2C1(C)C. The van der Waals surface area contributed by atoms with E-state index in [0.717, 1.165) is 11.8 Å². The normalized spacial score (nSPS) is 34.2. The van der Waals surface area contributed by atoms with Gasteiger partial charge in [-0.25, -0.2) is 0 Å². The maximum atomic E-state index is 3.55. The molecule has 0 bridgehead atoms. The highest BCUT2D eigenvalue weighted by molar-refractivity contribution is 5.38. The quantitative estimate of drug-likeness (QED) is 0.778. The van der Waals surface area contributed by atoms with E-state index in [2.05, 4.69) is 50.5 Å². The molecule has 3 atom stereocenters. The molecule has 0 aromatic heterocycles. The highest BCUT2D eigenvalue weighted by Crippen LogP contribution is 2.59. The Bertz CT molecular complexity index is 421. The van der Waals surface area contributed by atoms with Crippen molar-refractivity contribution in [3.05, 3.63) is 35.4 Å². The van der Waals surface area contributed by atoms with E-state index in [1.165, 1.54) is 19.3 Å². The molecular weight excluding hydrogens is 206 g/mol. The van der Waals surface area contributed by atoms with Gasteiger partial charge in [-0.3, -0.25) is 0 Å². The number of fused-ring (bicyclic) bond motifs is 3. The first kappa shape index (κ1) is 11.3. The fourth-order valence-corrected chi connectivity index (χ4v) is 4.52. The van der Waals surface area contributed by atoms with Crippen LogP contribution >= 0.6 is 0 Å². The molecule has 3 rings (SSSR count). The largest absolute Gasteiger partial charge is 0.316 e. The average molecular weight is 229 g/mol. The molecule has 2 aliphatic rings. The van der Waals surface area contributed by atoms with Crippen molar-refractivity contribution in [1.29, 1.82) is 0 Å². The van der Waals surface area contributed by atoms with Crippen molar-refractivity contribution < 1.29 is 0 Å². The molecule has 1 saturated carbocycles. The Balaban J connectivity index is 2.04.